The zero-order valence-corrected chi connectivity index (χ0v) is 14.7. The van der Waals surface area contributed by atoms with E-state index in [1.165, 1.54) is 5.56 Å². The number of benzene rings is 2. The van der Waals surface area contributed by atoms with Crippen molar-refractivity contribution in [2.75, 3.05) is 26.2 Å². The molecule has 5 heteroatoms. The maximum atomic E-state index is 13.3. The second kappa shape index (κ2) is 7.16. The Morgan fingerprint density at radius 2 is 1.88 bits per heavy atom. The lowest BCUT2D eigenvalue weighted by molar-refractivity contribution is -0.148. The molecule has 2 aliphatic heterocycles. The van der Waals surface area contributed by atoms with Gasteiger partial charge < -0.3 is 15.0 Å². The van der Waals surface area contributed by atoms with Gasteiger partial charge in [0.1, 0.15) is 0 Å². The molecule has 2 unspecified atom stereocenters. The van der Waals surface area contributed by atoms with E-state index < -0.39 is 6.10 Å². The largest absolute Gasteiger partial charge is 0.363 e. The Hall–Kier alpha value is -1.88. The van der Waals surface area contributed by atoms with Gasteiger partial charge in [-0.05, 0) is 29.2 Å². The number of piperazine rings is 1. The Kier molecular flexibility index (Phi) is 4.75. The van der Waals surface area contributed by atoms with Crippen LogP contribution in [-0.4, -0.2) is 37.0 Å². The molecule has 2 aromatic carbocycles. The van der Waals surface area contributed by atoms with Gasteiger partial charge in [0, 0.05) is 24.7 Å². The summed E-state index contributed by atoms with van der Waals surface area (Å²) in [5.74, 6) is 0.0265. The average Bonchev–Trinajstić information content (AvgIpc) is 2.67. The predicted molar refractivity (Wildman–Crippen MR) is 97.6 cm³/mol. The van der Waals surface area contributed by atoms with Gasteiger partial charge in [0.2, 0.25) is 0 Å². The highest BCUT2D eigenvalue weighted by atomic mass is 35.5. The molecule has 2 atom stereocenters. The lowest BCUT2D eigenvalue weighted by Crippen LogP contribution is -2.50. The molecule has 1 fully saturated rings. The third-order valence-electron chi connectivity index (χ3n) is 5.01. The van der Waals surface area contributed by atoms with E-state index in [2.05, 4.69) is 11.4 Å². The number of carbonyl (C=O) groups is 1. The number of hydrogen-bond acceptors (Lipinski definition) is 3. The first kappa shape index (κ1) is 16.6. The Bertz CT molecular complexity index is 780. The molecule has 1 N–H and O–H groups in total. The van der Waals surface area contributed by atoms with Crippen LogP contribution in [0.4, 0.5) is 0 Å². The van der Waals surface area contributed by atoms with E-state index >= 15 is 0 Å². The quantitative estimate of drug-likeness (QED) is 0.898. The van der Waals surface area contributed by atoms with E-state index in [0.29, 0.717) is 24.7 Å². The second-order valence-electron chi connectivity index (χ2n) is 6.47. The number of ether oxygens (including phenoxy) is 1. The van der Waals surface area contributed by atoms with E-state index in [0.717, 1.165) is 24.1 Å². The van der Waals surface area contributed by atoms with Gasteiger partial charge in [-0.3, -0.25) is 4.79 Å². The summed E-state index contributed by atoms with van der Waals surface area (Å²) in [6, 6.07) is 15.7. The smallest absolute Gasteiger partial charge is 0.256 e. The minimum Gasteiger partial charge on any atom is -0.363 e. The van der Waals surface area contributed by atoms with E-state index in [-0.39, 0.29) is 11.9 Å². The number of halogens is 1. The summed E-state index contributed by atoms with van der Waals surface area (Å²) in [5, 5.41) is 4.07. The van der Waals surface area contributed by atoms with Crippen LogP contribution in [0.15, 0.2) is 48.5 Å². The molecule has 25 heavy (non-hydrogen) atoms. The van der Waals surface area contributed by atoms with Crippen molar-refractivity contribution in [2.24, 2.45) is 0 Å². The minimum atomic E-state index is -0.520. The summed E-state index contributed by atoms with van der Waals surface area (Å²) in [6.45, 7) is 2.71. The van der Waals surface area contributed by atoms with Crippen LogP contribution in [0, 0.1) is 0 Å². The maximum absolute atomic E-state index is 13.3. The van der Waals surface area contributed by atoms with Crippen molar-refractivity contribution >= 4 is 17.5 Å². The molecule has 130 valence electrons. The fraction of sp³-hybridized carbons (Fsp3) is 0.350. The fourth-order valence-electron chi connectivity index (χ4n) is 3.74. The summed E-state index contributed by atoms with van der Waals surface area (Å²) >= 11 is 6.40. The van der Waals surface area contributed by atoms with E-state index in [4.69, 9.17) is 16.3 Å². The third kappa shape index (κ3) is 3.17. The van der Waals surface area contributed by atoms with Crippen molar-refractivity contribution < 1.29 is 9.53 Å². The first-order valence-electron chi connectivity index (χ1n) is 8.71. The number of nitrogens with one attached hydrogen (secondary N) is 1. The van der Waals surface area contributed by atoms with Crippen LogP contribution >= 0.6 is 11.6 Å². The van der Waals surface area contributed by atoms with Crippen LogP contribution < -0.4 is 5.32 Å². The van der Waals surface area contributed by atoms with Crippen LogP contribution in [0.5, 0.6) is 0 Å². The number of amides is 1. The number of fused-ring (bicyclic) bond motifs is 1. The molecule has 0 radical (unpaired) electrons. The van der Waals surface area contributed by atoms with Crippen LogP contribution in [0.2, 0.25) is 5.02 Å². The molecule has 0 aromatic heterocycles. The van der Waals surface area contributed by atoms with Crippen LogP contribution in [0.3, 0.4) is 0 Å². The van der Waals surface area contributed by atoms with Gasteiger partial charge in [-0.15, -0.1) is 0 Å². The molecule has 0 aliphatic carbocycles. The van der Waals surface area contributed by atoms with E-state index in [1.54, 1.807) is 0 Å². The van der Waals surface area contributed by atoms with Gasteiger partial charge in [0.25, 0.3) is 5.91 Å². The summed E-state index contributed by atoms with van der Waals surface area (Å²) in [4.78, 5) is 15.3. The molecule has 2 heterocycles. The number of nitrogens with zero attached hydrogens (tertiary/aromatic N) is 1. The van der Waals surface area contributed by atoms with Gasteiger partial charge in [0.05, 0.1) is 12.6 Å². The van der Waals surface area contributed by atoms with Crippen LogP contribution in [0.1, 0.15) is 28.8 Å². The summed E-state index contributed by atoms with van der Waals surface area (Å²) in [5.41, 5.74) is 3.18. The molecule has 4 nitrogen and oxygen atoms in total. The molecule has 2 aromatic rings. The predicted octanol–water partition coefficient (Wildman–Crippen LogP) is 3.13. The number of carbonyl (C=O) groups excluding carboxylic acids is 1. The topological polar surface area (TPSA) is 41.6 Å². The zero-order chi connectivity index (χ0) is 17.2. The first-order valence-corrected chi connectivity index (χ1v) is 9.08. The fourth-order valence-corrected chi connectivity index (χ4v) is 4.00. The van der Waals surface area contributed by atoms with Crippen molar-refractivity contribution in [3.05, 3.63) is 70.2 Å². The van der Waals surface area contributed by atoms with Crippen molar-refractivity contribution in [2.45, 2.75) is 18.6 Å². The van der Waals surface area contributed by atoms with Crippen LogP contribution in [0.25, 0.3) is 0 Å². The Morgan fingerprint density at radius 1 is 1.12 bits per heavy atom. The number of hydrogen-bond donors (Lipinski definition) is 1. The molecule has 1 saturated heterocycles. The van der Waals surface area contributed by atoms with Crippen molar-refractivity contribution in [3.63, 3.8) is 0 Å². The van der Waals surface area contributed by atoms with Gasteiger partial charge in [0.15, 0.2) is 6.10 Å². The molecule has 0 spiro atoms. The Morgan fingerprint density at radius 3 is 2.72 bits per heavy atom. The number of rotatable bonds is 2. The molecular formula is C20H21ClN2O2. The van der Waals surface area contributed by atoms with Gasteiger partial charge in [-0.25, -0.2) is 0 Å². The normalized spacial score (nSPS) is 23.2. The molecule has 0 bridgehead atoms. The first-order chi connectivity index (χ1) is 12.3. The van der Waals surface area contributed by atoms with Crippen molar-refractivity contribution in [1.82, 2.24) is 10.2 Å². The molecule has 2 aliphatic rings. The Balaban J connectivity index is 1.66. The van der Waals surface area contributed by atoms with Crippen molar-refractivity contribution in [3.8, 4) is 0 Å². The molecule has 1 amide bonds. The minimum absolute atomic E-state index is 0.0265. The highest BCUT2D eigenvalue weighted by Crippen LogP contribution is 2.34. The summed E-state index contributed by atoms with van der Waals surface area (Å²) in [6.07, 6.45) is 0.336. The van der Waals surface area contributed by atoms with E-state index in [1.807, 2.05) is 47.4 Å². The zero-order valence-electron chi connectivity index (χ0n) is 14.0. The van der Waals surface area contributed by atoms with Crippen molar-refractivity contribution in [1.29, 1.82) is 0 Å². The van der Waals surface area contributed by atoms with E-state index in [9.17, 15) is 4.79 Å². The van der Waals surface area contributed by atoms with Crippen LogP contribution in [-0.2, 0) is 16.0 Å². The monoisotopic (exact) mass is 356 g/mol. The highest BCUT2D eigenvalue weighted by molar-refractivity contribution is 6.31. The second-order valence-corrected chi connectivity index (χ2v) is 6.88. The highest BCUT2D eigenvalue weighted by Gasteiger charge is 2.36. The standard InChI is InChI=1S/C20H21ClN2O2/c21-17-8-4-3-7-16(17)18-13-22-10-11-23(18)20(24)19-15-6-2-1-5-14(15)9-12-25-19/h1-8,18-19,22H,9-13H2. The molecule has 4 rings (SSSR count). The van der Waals surface area contributed by atoms with Gasteiger partial charge in [-0.1, -0.05) is 54.1 Å². The lowest BCUT2D eigenvalue weighted by atomic mass is 9.95. The SMILES string of the molecule is O=C(C1OCCc2ccccc21)N1CCNCC1c1ccccc1Cl. The Labute approximate surface area is 152 Å². The van der Waals surface area contributed by atoms with Gasteiger partial charge in [-0.2, -0.15) is 0 Å². The lowest BCUT2D eigenvalue weighted by Gasteiger charge is -2.39. The third-order valence-corrected chi connectivity index (χ3v) is 5.35. The maximum Gasteiger partial charge on any atom is 0.256 e. The molecule has 0 saturated carbocycles. The summed E-state index contributed by atoms with van der Waals surface area (Å²) < 4.78 is 5.89. The summed E-state index contributed by atoms with van der Waals surface area (Å²) in [7, 11) is 0. The van der Waals surface area contributed by atoms with Gasteiger partial charge >= 0.3 is 0 Å². The molecular weight excluding hydrogens is 336 g/mol. The average molecular weight is 357 g/mol.